The maximum atomic E-state index is 13.0. The van der Waals surface area contributed by atoms with Crippen molar-refractivity contribution in [3.8, 4) is 0 Å². The number of aromatic amines is 1. The van der Waals surface area contributed by atoms with Crippen molar-refractivity contribution in [3.63, 3.8) is 0 Å². The Kier molecular flexibility index (Phi) is 3.19. The summed E-state index contributed by atoms with van der Waals surface area (Å²) in [5, 5.41) is 1.28. The van der Waals surface area contributed by atoms with Crippen molar-refractivity contribution in [3.05, 3.63) is 41.6 Å². The zero-order chi connectivity index (χ0) is 18.3. The van der Waals surface area contributed by atoms with Gasteiger partial charge in [0.05, 0.1) is 5.92 Å². The zero-order valence-electron chi connectivity index (χ0n) is 16.1. The van der Waals surface area contributed by atoms with E-state index in [4.69, 9.17) is 2.74 Å². The summed E-state index contributed by atoms with van der Waals surface area (Å²) in [5.74, 6) is -0.158. The molecule has 1 aliphatic carbocycles. The number of fused-ring (bicyclic) bond motifs is 2. The van der Waals surface area contributed by atoms with E-state index >= 15 is 0 Å². The maximum Gasteiger partial charge on any atom is 0.230 e. The van der Waals surface area contributed by atoms with Crippen molar-refractivity contribution in [2.24, 2.45) is 5.92 Å². The van der Waals surface area contributed by atoms with Crippen LogP contribution in [0.5, 0.6) is 0 Å². The normalized spacial score (nSPS) is 24.1. The molecule has 1 aliphatic heterocycles. The molecular formula is C20H25N3O. The molecule has 126 valence electrons. The summed E-state index contributed by atoms with van der Waals surface area (Å²) in [4.78, 5) is 20.4. The van der Waals surface area contributed by atoms with Crippen LogP contribution < -0.4 is 0 Å². The van der Waals surface area contributed by atoms with Gasteiger partial charge in [-0.1, -0.05) is 18.2 Å². The second-order valence-electron chi connectivity index (χ2n) is 6.76. The van der Waals surface area contributed by atoms with Crippen molar-refractivity contribution < 1.29 is 7.54 Å². The lowest BCUT2D eigenvalue weighted by Gasteiger charge is -2.40. The molecule has 0 saturated heterocycles. The molecule has 0 fully saturated rings. The van der Waals surface area contributed by atoms with Crippen LogP contribution in [0.3, 0.4) is 0 Å². The number of hydrogen-bond donors (Lipinski definition) is 1. The van der Waals surface area contributed by atoms with Crippen LogP contribution >= 0.6 is 0 Å². The molecule has 4 rings (SSSR count). The van der Waals surface area contributed by atoms with E-state index in [9.17, 15) is 4.79 Å². The van der Waals surface area contributed by atoms with E-state index < -0.39 is 0 Å². The van der Waals surface area contributed by atoms with Gasteiger partial charge in [0, 0.05) is 45.5 Å². The van der Waals surface area contributed by atoms with Crippen molar-refractivity contribution in [1.29, 1.82) is 0 Å². The lowest BCUT2D eigenvalue weighted by molar-refractivity contribution is -0.134. The predicted molar refractivity (Wildman–Crippen MR) is 97.8 cm³/mol. The van der Waals surface area contributed by atoms with E-state index in [1.165, 1.54) is 22.1 Å². The van der Waals surface area contributed by atoms with Gasteiger partial charge in [-0.05, 0) is 50.0 Å². The highest BCUT2D eigenvalue weighted by Gasteiger charge is 2.36. The molecule has 4 heteroatoms. The highest BCUT2D eigenvalue weighted by molar-refractivity contribution is 5.99. The van der Waals surface area contributed by atoms with Crippen molar-refractivity contribution in [2.45, 2.75) is 26.3 Å². The van der Waals surface area contributed by atoms with Gasteiger partial charge in [-0.3, -0.25) is 9.69 Å². The Morgan fingerprint density at radius 3 is 3.04 bits per heavy atom. The number of carbonyl (C=O) groups is 1. The summed E-state index contributed by atoms with van der Waals surface area (Å²) in [7, 11) is 2.09. The number of nitrogens with zero attached hydrogens (tertiary/aromatic N) is 2. The summed E-state index contributed by atoms with van der Waals surface area (Å²) in [6.07, 6.45) is 5.22. The average Bonchev–Trinajstić information content (AvgIpc) is 3.06. The van der Waals surface area contributed by atoms with Gasteiger partial charge in [0.25, 0.3) is 0 Å². The second kappa shape index (κ2) is 5.78. The zero-order valence-corrected chi connectivity index (χ0v) is 14.1. The van der Waals surface area contributed by atoms with Gasteiger partial charge < -0.3 is 9.88 Å². The van der Waals surface area contributed by atoms with E-state index in [-0.39, 0.29) is 25.6 Å². The van der Waals surface area contributed by atoms with E-state index in [1.54, 1.807) is 4.90 Å². The van der Waals surface area contributed by atoms with Crippen LogP contribution in [-0.4, -0.2) is 53.4 Å². The van der Waals surface area contributed by atoms with E-state index in [2.05, 4.69) is 47.4 Å². The average molecular weight is 325 g/mol. The van der Waals surface area contributed by atoms with E-state index in [0.717, 1.165) is 11.9 Å². The first-order valence-electron chi connectivity index (χ1n) is 9.94. The molecule has 1 amide bonds. The molecule has 0 saturated carbocycles. The topological polar surface area (TPSA) is 39.3 Å². The molecular weight excluding hydrogens is 298 g/mol. The lowest BCUT2D eigenvalue weighted by atomic mass is 9.79. The fourth-order valence-electron chi connectivity index (χ4n) is 4.17. The van der Waals surface area contributed by atoms with E-state index in [0.29, 0.717) is 25.7 Å². The number of amides is 1. The van der Waals surface area contributed by atoms with Crippen molar-refractivity contribution in [1.82, 2.24) is 14.8 Å². The number of H-pyrrole nitrogens is 1. The molecule has 0 unspecified atom stereocenters. The van der Waals surface area contributed by atoms with Crippen molar-refractivity contribution >= 4 is 22.4 Å². The number of rotatable bonds is 3. The first kappa shape index (κ1) is 13.2. The smallest absolute Gasteiger partial charge is 0.230 e. The van der Waals surface area contributed by atoms with Crippen LogP contribution in [0.4, 0.5) is 0 Å². The third-order valence-corrected chi connectivity index (χ3v) is 5.44. The third-order valence-electron chi connectivity index (χ3n) is 5.44. The largest absolute Gasteiger partial charge is 0.361 e. The monoisotopic (exact) mass is 325 g/mol. The fraction of sp³-hybridized carbons (Fsp3) is 0.450. The molecule has 0 spiro atoms. The third kappa shape index (κ3) is 2.20. The summed E-state index contributed by atoms with van der Waals surface area (Å²) in [6.45, 7) is 1.86. The van der Waals surface area contributed by atoms with Crippen LogP contribution in [0.1, 0.15) is 27.7 Å². The Bertz CT molecular complexity index is 854. The van der Waals surface area contributed by atoms with Gasteiger partial charge >= 0.3 is 0 Å². The van der Waals surface area contributed by atoms with Crippen LogP contribution in [0, 0.1) is 5.92 Å². The summed E-state index contributed by atoms with van der Waals surface area (Å²) in [6, 6.07) is 6.62. The Labute approximate surface area is 145 Å². The Morgan fingerprint density at radius 1 is 1.42 bits per heavy atom. The SMILES string of the molecule is [2H]CCN(CC[2H])C(=O)[C@@H]1C=C2c3cccc4[nH]cc(c34)C[C@H]2N(C)C1. The molecule has 4 nitrogen and oxygen atoms in total. The predicted octanol–water partition coefficient (Wildman–Crippen LogP) is 2.91. The van der Waals surface area contributed by atoms with Gasteiger partial charge in [-0.15, -0.1) is 0 Å². The highest BCUT2D eigenvalue weighted by Crippen LogP contribution is 2.40. The number of benzene rings is 1. The van der Waals surface area contributed by atoms with Crippen LogP contribution in [0.25, 0.3) is 16.5 Å². The van der Waals surface area contributed by atoms with Crippen molar-refractivity contribution in [2.75, 3.05) is 26.7 Å². The number of likely N-dealkylation sites (N-methyl/N-ethyl adjacent to an activating group) is 1. The number of nitrogens with one attached hydrogen (secondary N) is 1. The standard InChI is InChI=1S/C20H25N3O/c1-4-23(5-2)20(24)14-9-16-15-7-6-8-17-19(15)13(11-21-17)10-18(16)22(3)12-14/h6-9,11,14,18,21H,4-5,10,12H2,1-3H3/t14-,18-/m1/s1/i1D,2D. The summed E-state index contributed by atoms with van der Waals surface area (Å²) in [5.41, 5.74) is 4.97. The fourth-order valence-corrected chi connectivity index (χ4v) is 4.17. The summed E-state index contributed by atoms with van der Waals surface area (Å²) >= 11 is 0. The molecule has 0 bridgehead atoms. The van der Waals surface area contributed by atoms with Gasteiger partial charge in [0.1, 0.15) is 0 Å². The quantitative estimate of drug-likeness (QED) is 0.942. The molecule has 24 heavy (non-hydrogen) atoms. The minimum Gasteiger partial charge on any atom is -0.361 e. The van der Waals surface area contributed by atoms with E-state index in [1.807, 2.05) is 0 Å². The van der Waals surface area contributed by atoms with Gasteiger partial charge in [0.2, 0.25) is 5.91 Å². The first-order chi connectivity index (χ1) is 12.6. The van der Waals surface area contributed by atoms with Gasteiger partial charge in [-0.25, -0.2) is 0 Å². The molecule has 2 aromatic rings. The Hall–Kier alpha value is -2.07. The second-order valence-corrected chi connectivity index (χ2v) is 6.76. The van der Waals surface area contributed by atoms with Crippen LogP contribution in [0.2, 0.25) is 0 Å². The Morgan fingerprint density at radius 2 is 2.25 bits per heavy atom. The van der Waals surface area contributed by atoms with Gasteiger partial charge in [0.15, 0.2) is 0 Å². The van der Waals surface area contributed by atoms with Crippen LogP contribution in [-0.2, 0) is 11.2 Å². The maximum absolute atomic E-state index is 13.0. The first-order valence-corrected chi connectivity index (χ1v) is 8.52. The van der Waals surface area contributed by atoms with Gasteiger partial charge in [-0.2, -0.15) is 0 Å². The molecule has 1 N–H and O–H groups in total. The van der Waals surface area contributed by atoms with Crippen LogP contribution in [0.15, 0.2) is 30.5 Å². The lowest BCUT2D eigenvalue weighted by Crippen LogP contribution is -2.47. The number of hydrogen-bond acceptors (Lipinski definition) is 2. The minimum atomic E-state index is -0.208. The minimum absolute atomic E-state index is 0.0503. The molecule has 1 aromatic heterocycles. The molecule has 2 atom stereocenters. The molecule has 0 radical (unpaired) electrons. The highest BCUT2D eigenvalue weighted by atomic mass is 16.2. The summed E-state index contributed by atoms with van der Waals surface area (Å²) < 4.78 is 14.9. The molecule has 1 aromatic carbocycles. The Balaban J connectivity index is 1.73. The molecule has 2 aliphatic rings. The number of carbonyl (C=O) groups excluding carboxylic acids is 1. The number of aromatic nitrogens is 1. The molecule has 2 heterocycles.